The van der Waals surface area contributed by atoms with Gasteiger partial charge in [0.25, 0.3) is 0 Å². The van der Waals surface area contributed by atoms with Crippen molar-refractivity contribution in [3.05, 3.63) is 88.7 Å². The summed E-state index contributed by atoms with van der Waals surface area (Å²) < 4.78 is 2.05. The van der Waals surface area contributed by atoms with Crippen molar-refractivity contribution in [3.8, 4) is 11.3 Å². The minimum absolute atomic E-state index is 0.0403. The van der Waals surface area contributed by atoms with Crippen LogP contribution in [0.3, 0.4) is 0 Å². The predicted octanol–water partition coefficient (Wildman–Crippen LogP) is 6.23. The van der Waals surface area contributed by atoms with Crippen molar-refractivity contribution >= 4 is 17.2 Å². The topological polar surface area (TPSA) is 46.4 Å². The molecule has 4 nitrogen and oxygen atoms in total. The number of aryl methyl sites for hydroxylation is 3. The first-order valence-corrected chi connectivity index (χ1v) is 10.8. The number of pyridine rings is 1. The Kier molecular flexibility index (Phi) is 5.64. The van der Waals surface area contributed by atoms with Gasteiger partial charge in [-0.05, 0) is 67.1 Å². The molecule has 4 rings (SSSR count). The Labute approximate surface area is 184 Å². The van der Waals surface area contributed by atoms with Crippen LogP contribution in [0.5, 0.6) is 0 Å². The molecule has 158 valence electrons. The number of nitrogens with zero attached hydrogens (tertiary/aromatic N) is 2. The van der Waals surface area contributed by atoms with E-state index in [1.165, 1.54) is 11.1 Å². The van der Waals surface area contributed by atoms with E-state index in [1.54, 1.807) is 0 Å². The van der Waals surface area contributed by atoms with E-state index in [0.29, 0.717) is 5.92 Å². The number of rotatable bonds is 5. The molecule has 2 heterocycles. The molecule has 0 aliphatic carbocycles. The lowest BCUT2D eigenvalue weighted by Gasteiger charge is -2.14. The van der Waals surface area contributed by atoms with Crippen LogP contribution in [0, 0.1) is 20.8 Å². The summed E-state index contributed by atoms with van der Waals surface area (Å²) in [6.07, 6.45) is 2.24. The lowest BCUT2D eigenvalue weighted by Crippen LogP contribution is -2.17. The second-order valence-electron chi connectivity index (χ2n) is 8.56. The number of carbonyl (C=O) groups excluding carboxylic acids is 1. The maximum absolute atomic E-state index is 13.1. The van der Waals surface area contributed by atoms with Crippen LogP contribution in [-0.2, 0) is 11.2 Å². The molecular formula is C27H29N3O. The van der Waals surface area contributed by atoms with Crippen LogP contribution in [0.4, 0.5) is 5.69 Å². The Hall–Kier alpha value is -3.40. The van der Waals surface area contributed by atoms with E-state index in [-0.39, 0.29) is 12.3 Å². The molecule has 0 aliphatic rings. The van der Waals surface area contributed by atoms with Crippen LogP contribution in [0.25, 0.3) is 16.9 Å². The maximum Gasteiger partial charge on any atom is 0.230 e. The van der Waals surface area contributed by atoms with Crippen molar-refractivity contribution in [2.75, 3.05) is 5.32 Å². The number of aromatic nitrogens is 2. The monoisotopic (exact) mass is 411 g/mol. The number of para-hydroxylation sites is 1. The van der Waals surface area contributed by atoms with E-state index >= 15 is 0 Å². The average molecular weight is 412 g/mol. The molecule has 0 unspecified atom stereocenters. The molecule has 0 radical (unpaired) electrons. The van der Waals surface area contributed by atoms with Crippen molar-refractivity contribution in [2.24, 2.45) is 0 Å². The maximum atomic E-state index is 13.1. The van der Waals surface area contributed by atoms with E-state index in [0.717, 1.165) is 39.4 Å². The molecule has 0 fully saturated rings. The first kappa shape index (κ1) is 20.9. The van der Waals surface area contributed by atoms with E-state index < -0.39 is 0 Å². The molecule has 4 heteroatoms. The van der Waals surface area contributed by atoms with Crippen molar-refractivity contribution in [2.45, 2.75) is 47.0 Å². The van der Waals surface area contributed by atoms with Gasteiger partial charge in [-0.15, -0.1) is 0 Å². The first-order chi connectivity index (χ1) is 14.8. The smallest absolute Gasteiger partial charge is 0.230 e. The third kappa shape index (κ3) is 4.11. The fraction of sp³-hybridized carbons (Fsp3) is 0.259. The van der Waals surface area contributed by atoms with Gasteiger partial charge in [-0.2, -0.15) is 0 Å². The van der Waals surface area contributed by atoms with Gasteiger partial charge in [0.2, 0.25) is 5.91 Å². The lowest BCUT2D eigenvalue weighted by molar-refractivity contribution is -0.115. The standard InChI is InChI=1S/C27H29N3O/c1-17(2)22-10-6-7-11-23(22)28-25(31)16-24-26(21-13-12-18(3)20(5)15-21)29-27-19(4)9-8-14-30(24)27/h6-15,17H,16H2,1-5H3,(H,28,31). The van der Waals surface area contributed by atoms with Crippen molar-refractivity contribution in [3.63, 3.8) is 0 Å². The molecule has 0 aliphatic heterocycles. The highest BCUT2D eigenvalue weighted by Crippen LogP contribution is 2.29. The van der Waals surface area contributed by atoms with Crippen LogP contribution < -0.4 is 5.32 Å². The number of benzene rings is 2. The molecule has 31 heavy (non-hydrogen) atoms. The molecule has 0 bridgehead atoms. The number of hydrogen-bond donors (Lipinski definition) is 1. The van der Waals surface area contributed by atoms with E-state index in [2.05, 4.69) is 70.3 Å². The normalized spacial score (nSPS) is 11.3. The molecule has 1 amide bonds. The van der Waals surface area contributed by atoms with E-state index in [1.807, 2.05) is 34.9 Å². The highest BCUT2D eigenvalue weighted by molar-refractivity contribution is 5.94. The number of nitrogens with one attached hydrogen (secondary N) is 1. The van der Waals surface area contributed by atoms with Gasteiger partial charge < -0.3 is 9.72 Å². The molecule has 1 N–H and O–H groups in total. The molecule has 0 saturated heterocycles. The van der Waals surface area contributed by atoms with Crippen molar-refractivity contribution < 1.29 is 4.79 Å². The number of carbonyl (C=O) groups is 1. The van der Waals surface area contributed by atoms with Gasteiger partial charge in [0.05, 0.1) is 17.8 Å². The second kappa shape index (κ2) is 8.38. The largest absolute Gasteiger partial charge is 0.325 e. The minimum Gasteiger partial charge on any atom is -0.325 e. The summed E-state index contributed by atoms with van der Waals surface area (Å²) in [6.45, 7) is 10.5. The molecule has 4 aromatic rings. The zero-order valence-corrected chi connectivity index (χ0v) is 18.9. The fourth-order valence-corrected chi connectivity index (χ4v) is 4.00. The summed E-state index contributed by atoms with van der Waals surface area (Å²) >= 11 is 0. The zero-order chi connectivity index (χ0) is 22.1. The van der Waals surface area contributed by atoms with E-state index in [9.17, 15) is 4.79 Å². The second-order valence-corrected chi connectivity index (χ2v) is 8.56. The van der Waals surface area contributed by atoms with Gasteiger partial charge in [-0.3, -0.25) is 4.79 Å². The highest BCUT2D eigenvalue weighted by atomic mass is 16.1. The van der Waals surface area contributed by atoms with Crippen LogP contribution in [0.15, 0.2) is 60.8 Å². The Bertz CT molecular complexity index is 1270. The van der Waals surface area contributed by atoms with E-state index in [4.69, 9.17) is 4.98 Å². The molecule has 0 saturated carbocycles. The summed E-state index contributed by atoms with van der Waals surface area (Å²) in [7, 11) is 0. The molecular weight excluding hydrogens is 382 g/mol. The Balaban J connectivity index is 1.75. The van der Waals surface area contributed by atoms with Crippen LogP contribution in [0.2, 0.25) is 0 Å². The summed E-state index contributed by atoms with van der Waals surface area (Å²) in [4.78, 5) is 18.1. The number of fused-ring (bicyclic) bond motifs is 1. The number of anilines is 1. The Morgan fingerprint density at radius 1 is 0.968 bits per heavy atom. The molecule has 0 atom stereocenters. The van der Waals surface area contributed by atoms with Gasteiger partial charge in [0.15, 0.2) is 0 Å². The Morgan fingerprint density at radius 3 is 2.48 bits per heavy atom. The first-order valence-electron chi connectivity index (χ1n) is 10.8. The Morgan fingerprint density at radius 2 is 1.74 bits per heavy atom. The minimum atomic E-state index is -0.0403. The molecule has 0 spiro atoms. The average Bonchev–Trinajstić information content (AvgIpc) is 3.10. The van der Waals surface area contributed by atoms with Gasteiger partial charge >= 0.3 is 0 Å². The van der Waals surface area contributed by atoms with Gasteiger partial charge in [-0.1, -0.05) is 50.2 Å². The van der Waals surface area contributed by atoms with Crippen molar-refractivity contribution in [1.29, 1.82) is 0 Å². The molecule has 2 aromatic heterocycles. The summed E-state index contributed by atoms with van der Waals surface area (Å²) in [5, 5.41) is 3.13. The highest BCUT2D eigenvalue weighted by Gasteiger charge is 2.19. The van der Waals surface area contributed by atoms with Crippen LogP contribution >= 0.6 is 0 Å². The van der Waals surface area contributed by atoms with Crippen LogP contribution in [0.1, 0.15) is 47.7 Å². The SMILES string of the molecule is Cc1ccc(-c2nc3c(C)cccn3c2CC(=O)Nc2ccccc2C(C)C)cc1C. The van der Waals surface area contributed by atoms with Gasteiger partial charge in [-0.25, -0.2) is 4.98 Å². The summed E-state index contributed by atoms with van der Waals surface area (Å²) in [6, 6.07) is 18.4. The third-order valence-corrected chi connectivity index (χ3v) is 5.91. The fourth-order valence-electron chi connectivity index (χ4n) is 4.00. The lowest BCUT2D eigenvalue weighted by atomic mass is 10.0. The number of hydrogen-bond acceptors (Lipinski definition) is 2. The quantitative estimate of drug-likeness (QED) is 0.423. The molecule has 2 aromatic carbocycles. The summed E-state index contributed by atoms with van der Waals surface area (Å²) in [5.41, 5.74) is 9.26. The predicted molar refractivity (Wildman–Crippen MR) is 128 cm³/mol. The zero-order valence-electron chi connectivity index (χ0n) is 18.9. The van der Waals surface area contributed by atoms with Gasteiger partial charge in [0.1, 0.15) is 5.65 Å². The number of amides is 1. The van der Waals surface area contributed by atoms with Crippen molar-refractivity contribution in [1.82, 2.24) is 9.38 Å². The van der Waals surface area contributed by atoms with Gasteiger partial charge in [0, 0.05) is 17.4 Å². The van der Waals surface area contributed by atoms with Crippen LogP contribution in [-0.4, -0.2) is 15.3 Å². The number of imidazole rings is 1. The third-order valence-electron chi connectivity index (χ3n) is 5.91. The summed E-state index contributed by atoms with van der Waals surface area (Å²) in [5.74, 6) is 0.294.